The highest BCUT2D eigenvalue weighted by molar-refractivity contribution is 5.98. The second kappa shape index (κ2) is 29.2. The van der Waals surface area contributed by atoms with Gasteiger partial charge < -0.3 is 79.7 Å². The fraction of sp³-hybridized carbons (Fsp3) is 0.373. The van der Waals surface area contributed by atoms with Crippen molar-refractivity contribution in [2.24, 2.45) is 17.2 Å². The lowest BCUT2D eigenvalue weighted by molar-refractivity contribution is -0.142. The standard InChI is InChI=1S/C51H66N14O11/c52-19-7-6-13-37(60-48(73)41(62-44(69)35(53)25-43(67)68)23-31-26-58-36-12-5-4-11-34(31)36)45(70)63-40(22-30-15-17-33(66)18-16-30)47(72)65-42(24-32-27-56-28-59-32)49(74)64-39(21-29-9-2-1-3-10-29)46(71)61-38(50(75)76)14-8-20-57-51(54)55/h1-5,9-12,15-18,26-28,35,37-42,58,66H,6-8,13-14,19-25,52-53H2,(H,56,59)(H,60,73)(H,61,71)(H,62,69)(H,63,70)(H,64,74)(H,65,72)(H,67,68)(H,75,76)(H4,54,55,57)/t35-,37-,38-,39-,40-,41+,42+/m0/s1. The monoisotopic (exact) mass is 1050 g/mol. The second-order valence-corrected chi connectivity index (χ2v) is 18.1. The number of hydrogen-bond acceptors (Lipinski definition) is 13. The van der Waals surface area contributed by atoms with Crippen LogP contribution < -0.4 is 54.4 Å². The Kier molecular flexibility index (Phi) is 22.3. The van der Waals surface area contributed by atoms with Crippen LogP contribution in [0.4, 0.5) is 0 Å². The molecular formula is C51H66N14O11. The summed E-state index contributed by atoms with van der Waals surface area (Å²) in [6.07, 6.45) is 4.00. The third-order valence-electron chi connectivity index (χ3n) is 12.2. The molecule has 0 bridgehead atoms. The molecule has 2 aromatic heterocycles. The highest BCUT2D eigenvalue weighted by Gasteiger charge is 2.35. The number of phenols is 1. The molecule has 76 heavy (non-hydrogen) atoms. The van der Waals surface area contributed by atoms with Gasteiger partial charge in [-0.3, -0.25) is 39.0 Å². The minimum atomic E-state index is -1.52. The number of aliphatic carboxylic acids is 2. The van der Waals surface area contributed by atoms with Crippen molar-refractivity contribution in [3.63, 3.8) is 0 Å². The number of fused-ring (bicyclic) bond motifs is 1. The van der Waals surface area contributed by atoms with Crippen LogP contribution in [0.15, 0.2) is 97.6 Å². The number of nitrogens with two attached hydrogens (primary N) is 3. The molecule has 6 amide bonds. The zero-order chi connectivity index (χ0) is 55.1. The summed E-state index contributed by atoms with van der Waals surface area (Å²) in [6.45, 7) is 0.396. The molecule has 0 spiro atoms. The largest absolute Gasteiger partial charge is 0.508 e. The number of rotatable bonds is 31. The SMILES string of the molecule is N=C(N)NCCC[C@H](NC(=O)[C@H](Cc1ccccc1)NC(=O)[C@@H](Cc1c[nH]cn1)NC(=O)[C@H](Cc1ccc(O)cc1)NC(=O)[C@H](CCCCN)NC(=O)[C@@H](Cc1c[nH]c2ccccc12)NC(=O)[C@@H](N)CC(=O)O)C(=O)O. The molecule has 25 nitrogen and oxygen atoms in total. The van der Waals surface area contributed by atoms with Gasteiger partial charge in [0.15, 0.2) is 5.96 Å². The maximum absolute atomic E-state index is 14.7. The number of imidazole rings is 1. The number of aromatic hydroxyl groups is 1. The number of carbonyl (C=O) groups excluding carboxylic acids is 6. The van der Waals surface area contributed by atoms with Crippen LogP contribution >= 0.6 is 0 Å². The van der Waals surface area contributed by atoms with E-state index in [1.807, 2.05) is 6.07 Å². The van der Waals surface area contributed by atoms with E-state index in [1.165, 1.54) is 36.8 Å². The molecule has 2 heterocycles. The molecule has 0 radical (unpaired) electrons. The minimum absolute atomic E-state index is 0.00168. The van der Waals surface area contributed by atoms with Crippen LogP contribution in [-0.4, -0.2) is 139 Å². The zero-order valence-electron chi connectivity index (χ0n) is 41.6. The number of guanidine groups is 1. The lowest BCUT2D eigenvalue weighted by atomic mass is 10.0. The highest BCUT2D eigenvalue weighted by atomic mass is 16.4. The number of nitrogens with zero attached hydrogens (tertiary/aromatic N) is 1. The third-order valence-corrected chi connectivity index (χ3v) is 12.2. The molecular weight excluding hydrogens is 985 g/mol. The van der Waals surface area contributed by atoms with Gasteiger partial charge >= 0.3 is 11.9 Å². The number of carboxylic acid groups (broad SMARTS) is 2. The Morgan fingerprint density at radius 2 is 1.13 bits per heavy atom. The van der Waals surface area contributed by atoms with Gasteiger partial charge in [-0.05, 0) is 73.5 Å². The van der Waals surface area contributed by atoms with Crippen LogP contribution in [0.1, 0.15) is 60.9 Å². The molecule has 0 saturated carbocycles. The fourth-order valence-corrected chi connectivity index (χ4v) is 8.16. The molecule has 5 rings (SSSR count). The molecule has 19 N–H and O–H groups in total. The number of nitrogens with one attached hydrogen (secondary N) is 10. The van der Waals surface area contributed by atoms with Gasteiger partial charge in [-0.2, -0.15) is 0 Å². The molecule has 0 aliphatic rings. The van der Waals surface area contributed by atoms with E-state index in [0.717, 1.165) is 10.9 Å². The number of aromatic amines is 2. The number of carbonyl (C=O) groups is 8. The zero-order valence-corrected chi connectivity index (χ0v) is 41.6. The number of benzene rings is 3. The van der Waals surface area contributed by atoms with E-state index in [0.29, 0.717) is 35.2 Å². The maximum atomic E-state index is 14.7. The van der Waals surface area contributed by atoms with Crippen molar-refractivity contribution in [1.29, 1.82) is 5.41 Å². The highest BCUT2D eigenvalue weighted by Crippen LogP contribution is 2.20. The van der Waals surface area contributed by atoms with Crippen molar-refractivity contribution in [3.8, 4) is 5.75 Å². The Labute approximate surface area is 436 Å². The maximum Gasteiger partial charge on any atom is 0.326 e. The first kappa shape index (κ1) is 58.1. The van der Waals surface area contributed by atoms with E-state index in [1.54, 1.807) is 54.7 Å². The first-order valence-electron chi connectivity index (χ1n) is 24.6. The van der Waals surface area contributed by atoms with Gasteiger partial charge in [-0.15, -0.1) is 0 Å². The van der Waals surface area contributed by atoms with E-state index < -0.39 is 96.1 Å². The summed E-state index contributed by atoms with van der Waals surface area (Å²) in [5.74, 6) is -8.31. The quantitative estimate of drug-likeness (QED) is 0.0145. The normalized spacial score (nSPS) is 13.8. The Balaban J connectivity index is 1.43. The summed E-state index contributed by atoms with van der Waals surface area (Å²) in [5.41, 5.74) is 19.8. The summed E-state index contributed by atoms with van der Waals surface area (Å²) >= 11 is 0. The summed E-state index contributed by atoms with van der Waals surface area (Å²) in [5, 5.41) is 55.9. The number of aromatic nitrogens is 3. The third kappa shape index (κ3) is 18.6. The molecule has 0 unspecified atom stereocenters. The van der Waals surface area contributed by atoms with Gasteiger partial charge in [0.2, 0.25) is 35.4 Å². The number of hydrogen-bond donors (Lipinski definition) is 16. The number of phenolic OH excluding ortho intramolecular Hbond substituents is 1. The summed E-state index contributed by atoms with van der Waals surface area (Å²) in [7, 11) is 0. The van der Waals surface area contributed by atoms with Gasteiger partial charge in [0.1, 0.15) is 42.0 Å². The van der Waals surface area contributed by atoms with Gasteiger partial charge in [-0.1, -0.05) is 60.7 Å². The second-order valence-electron chi connectivity index (χ2n) is 18.1. The van der Waals surface area contributed by atoms with Crippen LogP contribution in [0.5, 0.6) is 5.75 Å². The van der Waals surface area contributed by atoms with Crippen LogP contribution in [0.3, 0.4) is 0 Å². The molecule has 0 aliphatic heterocycles. The van der Waals surface area contributed by atoms with E-state index >= 15 is 0 Å². The molecule has 5 aromatic rings. The van der Waals surface area contributed by atoms with Gasteiger partial charge in [0.05, 0.1) is 24.5 Å². The van der Waals surface area contributed by atoms with Crippen molar-refractivity contribution in [2.45, 2.75) is 107 Å². The Bertz CT molecular complexity index is 2760. The number of unbranched alkanes of at least 4 members (excludes halogenated alkanes) is 1. The van der Waals surface area contributed by atoms with Crippen LogP contribution in [0.25, 0.3) is 10.9 Å². The number of H-pyrrole nitrogens is 2. The first-order chi connectivity index (χ1) is 36.4. The lowest BCUT2D eigenvalue weighted by Crippen LogP contribution is -2.60. The molecule has 7 atom stereocenters. The Hall–Kier alpha value is -8.84. The van der Waals surface area contributed by atoms with Gasteiger partial charge in [0.25, 0.3) is 0 Å². The van der Waals surface area contributed by atoms with Crippen LogP contribution in [0.2, 0.25) is 0 Å². The van der Waals surface area contributed by atoms with Gasteiger partial charge in [-0.25, -0.2) is 9.78 Å². The summed E-state index contributed by atoms with van der Waals surface area (Å²) < 4.78 is 0. The number of carboxylic acids is 2. The van der Waals surface area contributed by atoms with E-state index in [9.17, 15) is 53.7 Å². The van der Waals surface area contributed by atoms with Crippen molar-refractivity contribution in [3.05, 3.63) is 120 Å². The van der Waals surface area contributed by atoms with Crippen molar-refractivity contribution >= 4 is 64.2 Å². The molecule has 406 valence electrons. The van der Waals surface area contributed by atoms with Crippen molar-refractivity contribution in [1.82, 2.24) is 52.2 Å². The average molecular weight is 1050 g/mol. The Morgan fingerprint density at radius 1 is 0.605 bits per heavy atom. The van der Waals surface area contributed by atoms with Gasteiger partial charge in [0, 0.05) is 55.5 Å². The summed E-state index contributed by atoms with van der Waals surface area (Å²) in [6, 6.07) is 11.6. The predicted octanol–water partition coefficient (Wildman–Crippen LogP) is -0.945. The van der Waals surface area contributed by atoms with Crippen LogP contribution in [0, 0.1) is 5.41 Å². The van der Waals surface area contributed by atoms with Crippen LogP contribution in [-0.2, 0) is 64.0 Å². The minimum Gasteiger partial charge on any atom is -0.508 e. The first-order valence-corrected chi connectivity index (χ1v) is 24.6. The topological polar surface area (TPSA) is 428 Å². The fourth-order valence-electron chi connectivity index (χ4n) is 8.16. The van der Waals surface area contributed by atoms with Crippen molar-refractivity contribution in [2.75, 3.05) is 13.1 Å². The average Bonchev–Trinajstić information content (AvgIpc) is 4.07. The molecule has 25 heteroatoms. The predicted molar refractivity (Wildman–Crippen MR) is 278 cm³/mol. The molecule has 0 saturated heterocycles. The Morgan fingerprint density at radius 3 is 1.71 bits per heavy atom. The smallest absolute Gasteiger partial charge is 0.326 e. The summed E-state index contributed by atoms with van der Waals surface area (Å²) in [4.78, 5) is 119. The molecule has 3 aromatic carbocycles. The van der Waals surface area contributed by atoms with E-state index in [-0.39, 0.29) is 69.7 Å². The number of para-hydroxylation sites is 1. The lowest BCUT2D eigenvalue weighted by Gasteiger charge is -2.28. The number of amides is 6. The molecule has 0 fully saturated rings. The van der Waals surface area contributed by atoms with Crippen molar-refractivity contribution < 1.29 is 53.7 Å². The molecule has 0 aliphatic carbocycles. The van der Waals surface area contributed by atoms with E-state index in [2.05, 4.69) is 52.2 Å². The van der Waals surface area contributed by atoms with E-state index in [4.69, 9.17) is 22.6 Å².